The molecule has 1 fully saturated rings. The quantitative estimate of drug-likeness (QED) is 0.0732. The van der Waals surface area contributed by atoms with Crippen LogP contribution in [-0.4, -0.2) is 175 Å². The van der Waals surface area contributed by atoms with Crippen LogP contribution in [0.25, 0.3) is 0 Å². The number of nitrogens with one attached hydrogen (secondary N) is 4. The van der Waals surface area contributed by atoms with Gasteiger partial charge in [0, 0.05) is 47.1 Å². The van der Waals surface area contributed by atoms with E-state index < -0.39 is 90.3 Å². The molecular formula is C48H73N9O9. The molecule has 1 aliphatic heterocycles. The van der Waals surface area contributed by atoms with Crippen molar-refractivity contribution in [3.05, 3.63) is 71.8 Å². The standard InChI is InChI=1S/C48H73N9O9/c1-31(2)27-36(51-43(61)38(53(6)7)28-34-19-13-11-14-20-34)45(63)56(10)40(30-59)47(65)57-37(23-17-25-50-57)46(64)55(9)39(29-35-21-15-12-16-22-35)44(62)52-41(32(3)4)48(66)54(8)33(5)42(60)49-24-18-26-58/h11-16,19-22,26,31-33,36-41,50,59H,17-18,23-25,27-30H2,1-10H3,(H,49,60)(H,51,61)(H,52,62). The van der Waals surface area contributed by atoms with E-state index in [2.05, 4.69) is 21.4 Å². The highest BCUT2D eigenvalue weighted by atomic mass is 16.3. The molecular weight excluding hydrogens is 847 g/mol. The lowest BCUT2D eigenvalue weighted by molar-refractivity contribution is -0.159. The molecule has 0 bridgehead atoms. The minimum absolute atomic E-state index is 0.0324. The van der Waals surface area contributed by atoms with E-state index in [1.807, 2.05) is 50.2 Å². The van der Waals surface area contributed by atoms with Crippen LogP contribution in [0.3, 0.4) is 0 Å². The number of hydrogen-bond acceptors (Lipinski definition) is 11. The zero-order valence-electron chi connectivity index (χ0n) is 40.4. The summed E-state index contributed by atoms with van der Waals surface area (Å²) in [7, 11) is 7.85. The molecule has 0 aliphatic carbocycles. The van der Waals surface area contributed by atoms with Gasteiger partial charge >= 0.3 is 0 Å². The van der Waals surface area contributed by atoms with E-state index in [0.29, 0.717) is 25.7 Å². The van der Waals surface area contributed by atoms with Crippen molar-refractivity contribution in [2.24, 2.45) is 11.8 Å². The number of hydrazine groups is 1. The minimum Gasteiger partial charge on any atom is -0.394 e. The van der Waals surface area contributed by atoms with Gasteiger partial charge in [0.15, 0.2) is 0 Å². The number of benzene rings is 2. The molecule has 3 rings (SSSR count). The van der Waals surface area contributed by atoms with Crippen molar-refractivity contribution in [3.63, 3.8) is 0 Å². The lowest BCUT2D eigenvalue weighted by atomic mass is 9.98. The van der Waals surface area contributed by atoms with Crippen LogP contribution in [0.4, 0.5) is 0 Å². The highest BCUT2D eigenvalue weighted by Crippen LogP contribution is 2.21. The van der Waals surface area contributed by atoms with Crippen LogP contribution in [0.2, 0.25) is 0 Å². The van der Waals surface area contributed by atoms with Crippen molar-refractivity contribution in [2.75, 3.05) is 54.9 Å². The third-order valence-corrected chi connectivity index (χ3v) is 12.1. The monoisotopic (exact) mass is 920 g/mol. The number of nitrogens with zero attached hydrogens (tertiary/aromatic N) is 5. The first-order valence-electron chi connectivity index (χ1n) is 22.8. The number of carbonyl (C=O) groups is 8. The summed E-state index contributed by atoms with van der Waals surface area (Å²) in [4.78, 5) is 114. The summed E-state index contributed by atoms with van der Waals surface area (Å²) in [6.07, 6.45) is 2.17. The summed E-state index contributed by atoms with van der Waals surface area (Å²) in [5.74, 6) is -4.43. The Labute approximate surface area is 390 Å². The first kappa shape index (κ1) is 54.6. The van der Waals surface area contributed by atoms with Crippen LogP contribution in [-0.2, 0) is 51.2 Å². The molecule has 364 valence electrons. The fraction of sp³-hybridized carbons (Fsp3) is 0.583. The van der Waals surface area contributed by atoms with Crippen molar-refractivity contribution in [2.45, 2.75) is 115 Å². The summed E-state index contributed by atoms with van der Waals surface area (Å²) in [5, 5.41) is 20.2. The molecule has 66 heavy (non-hydrogen) atoms. The fourth-order valence-electron chi connectivity index (χ4n) is 7.82. The lowest BCUT2D eigenvalue weighted by Crippen LogP contribution is -2.66. The summed E-state index contributed by atoms with van der Waals surface area (Å²) in [5.41, 5.74) is 4.66. The summed E-state index contributed by atoms with van der Waals surface area (Å²) < 4.78 is 0. The number of hydrogen-bond donors (Lipinski definition) is 5. The Bertz CT molecular complexity index is 1930. The Balaban J connectivity index is 1.89. The molecule has 0 radical (unpaired) electrons. The SMILES string of the molecule is CC(C)CC(NC(=O)C(Cc1ccccc1)N(C)C)C(=O)N(C)C(CO)C(=O)N1NCCCC1C(=O)N(C)C(Cc1ccccc1)C(=O)NC(C(=O)N(C)C(C)C(=O)NCCC=O)C(C)C. The van der Waals surface area contributed by atoms with Crippen molar-refractivity contribution in [3.8, 4) is 0 Å². The average Bonchev–Trinajstić information content (AvgIpc) is 3.30. The summed E-state index contributed by atoms with van der Waals surface area (Å²) in [6.45, 7) is 8.47. The van der Waals surface area contributed by atoms with E-state index in [9.17, 15) is 43.5 Å². The molecule has 0 aromatic heterocycles. The Morgan fingerprint density at radius 3 is 1.82 bits per heavy atom. The number of rotatable bonds is 24. The largest absolute Gasteiger partial charge is 0.394 e. The number of aliphatic hydroxyl groups is 1. The van der Waals surface area contributed by atoms with Crippen LogP contribution in [0.5, 0.6) is 0 Å². The Hall–Kier alpha value is -5.72. The zero-order chi connectivity index (χ0) is 49.2. The summed E-state index contributed by atoms with van der Waals surface area (Å²) >= 11 is 0. The molecule has 18 nitrogen and oxygen atoms in total. The van der Waals surface area contributed by atoms with Crippen molar-refractivity contribution < 1.29 is 43.5 Å². The van der Waals surface area contributed by atoms with Gasteiger partial charge in [-0.3, -0.25) is 43.5 Å². The van der Waals surface area contributed by atoms with E-state index in [1.165, 1.54) is 37.9 Å². The average molecular weight is 920 g/mol. The molecule has 7 amide bonds. The molecule has 0 spiro atoms. The smallest absolute Gasteiger partial charge is 0.262 e. The Kier molecular flexibility index (Phi) is 21.9. The topological polar surface area (TPSA) is 221 Å². The number of amides is 7. The maximum Gasteiger partial charge on any atom is 0.262 e. The maximum absolute atomic E-state index is 14.7. The Morgan fingerprint density at radius 2 is 1.30 bits per heavy atom. The molecule has 1 heterocycles. The predicted molar refractivity (Wildman–Crippen MR) is 250 cm³/mol. The van der Waals surface area contributed by atoms with Crippen molar-refractivity contribution >= 4 is 47.6 Å². The minimum atomic E-state index is -1.45. The highest BCUT2D eigenvalue weighted by molar-refractivity contribution is 5.97. The molecule has 2 aromatic carbocycles. The van der Waals surface area contributed by atoms with Crippen LogP contribution < -0.4 is 21.4 Å². The number of carbonyl (C=O) groups excluding carboxylic acids is 8. The molecule has 0 saturated carbocycles. The molecule has 5 N–H and O–H groups in total. The first-order chi connectivity index (χ1) is 31.2. The number of aliphatic hydroxyl groups excluding tert-OH is 1. The molecule has 1 saturated heterocycles. The summed E-state index contributed by atoms with van der Waals surface area (Å²) in [6, 6.07) is 11.1. The number of aldehydes is 1. The van der Waals surface area contributed by atoms with Crippen LogP contribution in [0.15, 0.2) is 60.7 Å². The van der Waals surface area contributed by atoms with Gasteiger partial charge in [0.1, 0.15) is 42.5 Å². The Morgan fingerprint density at radius 1 is 0.742 bits per heavy atom. The predicted octanol–water partition coefficient (Wildman–Crippen LogP) is 0.768. The van der Waals surface area contributed by atoms with E-state index in [4.69, 9.17) is 0 Å². The molecule has 7 atom stereocenters. The van der Waals surface area contributed by atoms with Gasteiger partial charge in [-0.25, -0.2) is 5.43 Å². The van der Waals surface area contributed by atoms with Gasteiger partial charge in [0.05, 0.1) is 12.6 Å². The van der Waals surface area contributed by atoms with E-state index in [0.717, 1.165) is 21.0 Å². The second-order valence-electron chi connectivity index (χ2n) is 18.0. The van der Waals surface area contributed by atoms with Crippen molar-refractivity contribution in [1.29, 1.82) is 0 Å². The van der Waals surface area contributed by atoms with Gasteiger partial charge in [-0.05, 0) is 69.7 Å². The second-order valence-corrected chi connectivity index (χ2v) is 18.0. The van der Waals surface area contributed by atoms with Crippen LogP contribution in [0.1, 0.15) is 71.4 Å². The van der Waals surface area contributed by atoms with Crippen LogP contribution >= 0.6 is 0 Å². The van der Waals surface area contributed by atoms with Gasteiger partial charge in [-0.1, -0.05) is 88.4 Å². The molecule has 2 aromatic rings. The normalized spacial score (nSPS) is 16.6. The number of likely N-dealkylation sites (N-methyl/N-ethyl adjacent to an activating group) is 4. The van der Waals surface area contributed by atoms with Crippen LogP contribution in [0, 0.1) is 11.8 Å². The third-order valence-electron chi connectivity index (χ3n) is 12.1. The van der Waals surface area contributed by atoms with Gasteiger partial charge < -0.3 is 40.6 Å². The van der Waals surface area contributed by atoms with E-state index in [-0.39, 0.29) is 44.1 Å². The maximum atomic E-state index is 14.7. The van der Waals surface area contributed by atoms with Gasteiger partial charge in [0.2, 0.25) is 35.4 Å². The third kappa shape index (κ3) is 15.2. The lowest BCUT2D eigenvalue weighted by Gasteiger charge is -2.41. The zero-order valence-corrected chi connectivity index (χ0v) is 40.4. The van der Waals surface area contributed by atoms with Gasteiger partial charge in [-0.2, -0.15) is 0 Å². The second kappa shape index (κ2) is 26.4. The van der Waals surface area contributed by atoms with Crippen molar-refractivity contribution in [1.82, 2.24) is 46.0 Å². The van der Waals surface area contributed by atoms with E-state index >= 15 is 0 Å². The highest BCUT2D eigenvalue weighted by Gasteiger charge is 2.43. The first-order valence-corrected chi connectivity index (χ1v) is 22.8. The van der Waals surface area contributed by atoms with Gasteiger partial charge in [0.25, 0.3) is 5.91 Å². The molecule has 7 unspecified atom stereocenters. The molecule has 1 aliphatic rings. The van der Waals surface area contributed by atoms with Gasteiger partial charge in [-0.15, -0.1) is 0 Å². The fourth-order valence-corrected chi connectivity index (χ4v) is 7.82. The van der Waals surface area contributed by atoms with E-state index in [1.54, 1.807) is 57.1 Å². The molecule has 18 heteroatoms.